The fourth-order valence-electron chi connectivity index (χ4n) is 1.23. The Morgan fingerprint density at radius 1 is 1.31 bits per heavy atom. The Kier molecular flexibility index (Phi) is 4.24. The lowest BCUT2D eigenvalue weighted by molar-refractivity contribution is -0.117. The van der Waals surface area contributed by atoms with E-state index in [1.165, 1.54) is 4.90 Å². The number of carbonyl (C=O) groups is 2. The fraction of sp³-hybridized carbons (Fsp3) is 0.222. The van der Waals surface area contributed by atoms with Gasteiger partial charge in [0.05, 0.1) is 23.2 Å². The highest BCUT2D eigenvalue weighted by Crippen LogP contribution is 2.24. The fourth-order valence-corrected chi connectivity index (χ4v) is 1.73. The highest BCUT2D eigenvalue weighted by Gasteiger charge is 2.14. The molecule has 0 aliphatic heterocycles. The zero-order valence-corrected chi connectivity index (χ0v) is 9.98. The van der Waals surface area contributed by atoms with E-state index in [1.54, 1.807) is 18.5 Å². The minimum atomic E-state index is -0.537. The molecule has 4 N–H and O–H groups in total. The molecule has 1 aromatic heterocycles. The molecule has 0 radical (unpaired) electrons. The summed E-state index contributed by atoms with van der Waals surface area (Å²) in [7, 11) is 0. The molecule has 0 unspecified atom stereocenters. The van der Waals surface area contributed by atoms with E-state index in [0.29, 0.717) is 10.2 Å². The number of aromatic nitrogens is 1. The zero-order chi connectivity index (χ0) is 12.1. The number of nitrogens with two attached hydrogens (primary N) is 2. The van der Waals surface area contributed by atoms with Gasteiger partial charge < -0.3 is 16.4 Å². The number of rotatable bonds is 5. The molecular formula is C9H11BrN4O2. The first-order valence-electron chi connectivity index (χ1n) is 4.41. The monoisotopic (exact) mass is 286 g/mol. The molecule has 0 aromatic carbocycles. The van der Waals surface area contributed by atoms with E-state index in [4.69, 9.17) is 11.5 Å². The second-order valence-corrected chi connectivity index (χ2v) is 3.97. The summed E-state index contributed by atoms with van der Waals surface area (Å²) < 4.78 is 0.664. The van der Waals surface area contributed by atoms with E-state index in [1.807, 2.05) is 0 Å². The third-order valence-corrected chi connectivity index (χ3v) is 2.40. The molecule has 0 fully saturated rings. The van der Waals surface area contributed by atoms with Crippen molar-refractivity contribution in [2.75, 3.05) is 18.0 Å². The second kappa shape index (κ2) is 5.45. The van der Waals surface area contributed by atoms with E-state index >= 15 is 0 Å². The first kappa shape index (κ1) is 12.4. The van der Waals surface area contributed by atoms with E-state index < -0.39 is 11.8 Å². The molecule has 0 aliphatic carbocycles. The number of pyridine rings is 1. The van der Waals surface area contributed by atoms with Crippen LogP contribution in [0.2, 0.25) is 0 Å². The minimum Gasteiger partial charge on any atom is -0.368 e. The number of hydrogen-bond donors (Lipinski definition) is 2. The Balaban J connectivity index is 2.96. The maximum absolute atomic E-state index is 10.9. The summed E-state index contributed by atoms with van der Waals surface area (Å²) in [5.41, 5.74) is 10.8. The van der Waals surface area contributed by atoms with Crippen molar-refractivity contribution >= 4 is 33.4 Å². The van der Waals surface area contributed by atoms with Crippen LogP contribution >= 0.6 is 15.9 Å². The molecule has 0 bridgehead atoms. The number of primary amides is 2. The molecule has 0 saturated carbocycles. The van der Waals surface area contributed by atoms with Crippen molar-refractivity contribution in [1.29, 1.82) is 0 Å². The van der Waals surface area contributed by atoms with Gasteiger partial charge >= 0.3 is 0 Å². The Labute approximate surface area is 101 Å². The predicted octanol–water partition coefficient (Wildman–Crippen LogP) is -0.379. The number of anilines is 1. The van der Waals surface area contributed by atoms with Crippen LogP contribution in [-0.4, -0.2) is 29.9 Å². The Morgan fingerprint density at radius 2 is 1.88 bits per heavy atom. The molecule has 16 heavy (non-hydrogen) atoms. The molecule has 0 spiro atoms. The Hall–Kier alpha value is -1.63. The molecule has 7 heteroatoms. The lowest BCUT2D eigenvalue weighted by Crippen LogP contribution is -2.39. The third kappa shape index (κ3) is 3.50. The summed E-state index contributed by atoms with van der Waals surface area (Å²) in [4.78, 5) is 27.1. The average molecular weight is 287 g/mol. The van der Waals surface area contributed by atoms with Crippen LogP contribution in [0.5, 0.6) is 0 Å². The number of hydrogen-bond acceptors (Lipinski definition) is 4. The van der Waals surface area contributed by atoms with Gasteiger partial charge in [0, 0.05) is 12.4 Å². The molecule has 86 valence electrons. The molecule has 1 rings (SSSR count). The number of amides is 2. The zero-order valence-electron chi connectivity index (χ0n) is 8.39. The number of nitrogens with zero attached hydrogens (tertiary/aromatic N) is 2. The molecule has 1 aromatic rings. The maximum Gasteiger partial charge on any atom is 0.236 e. The average Bonchev–Trinajstić information content (AvgIpc) is 2.15. The second-order valence-electron chi connectivity index (χ2n) is 3.12. The van der Waals surface area contributed by atoms with Gasteiger partial charge in [-0.2, -0.15) is 0 Å². The highest BCUT2D eigenvalue weighted by molar-refractivity contribution is 9.10. The molecule has 6 nitrogen and oxygen atoms in total. The number of halogens is 1. The minimum absolute atomic E-state index is 0.0778. The van der Waals surface area contributed by atoms with E-state index in [0.717, 1.165) is 0 Å². The van der Waals surface area contributed by atoms with Crippen molar-refractivity contribution in [2.24, 2.45) is 11.5 Å². The van der Waals surface area contributed by atoms with Gasteiger partial charge in [-0.1, -0.05) is 0 Å². The Morgan fingerprint density at radius 3 is 2.31 bits per heavy atom. The summed E-state index contributed by atoms with van der Waals surface area (Å²) in [5, 5.41) is 0. The van der Waals surface area contributed by atoms with Crippen molar-refractivity contribution in [2.45, 2.75) is 0 Å². The quantitative estimate of drug-likeness (QED) is 0.770. The molecule has 0 aliphatic rings. The van der Waals surface area contributed by atoms with E-state index in [-0.39, 0.29) is 13.1 Å². The molecule has 0 atom stereocenters. The van der Waals surface area contributed by atoms with Crippen LogP contribution in [0, 0.1) is 0 Å². The van der Waals surface area contributed by atoms with Crippen molar-refractivity contribution < 1.29 is 9.59 Å². The first-order chi connectivity index (χ1) is 7.50. The van der Waals surface area contributed by atoms with E-state index in [9.17, 15) is 9.59 Å². The lowest BCUT2D eigenvalue weighted by atomic mass is 10.3. The van der Waals surface area contributed by atoms with Crippen LogP contribution in [0.3, 0.4) is 0 Å². The highest BCUT2D eigenvalue weighted by atomic mass is 79.9. The van der Waals surface area contributed by atoms with Crippen LogP contribution in [0.15, 0.2) is 22.9 Å². The maximum atomic E-state index is 10.9. The van der Waals surface area contributed by atoms with Crippen molar-refractivity contribution in [3.8, 4) is 0 Å². The van der Waals surface area contributed by atoms with Crippen LogP contribution in [0.25, 0.3) is 0 Å². The van der Waals surface area contributed by atoms with Gasteiger partial charge in [-0.05, 0) is 22.0 Å². The standard InChI is InChI=1S/C9H11BrN4O2/c10-6-3-13-2-1-7(6)14(4-8(11)15)5-9(12)16/h1-3H,4-5H2,(H2,11,15)(H2,12,16). The first-order valence-corrected chi connectivity index (χ1v) is 5.21. The van der Waals surface area contributed by atoms with Gasteiger partial charge in [0.2, 0.25) is 11.8 Å². The van der Waals surface area contributed by atoms with Gasteiger partial charge in [-0.3, -0.25) is 14.6 Å². The summed E-state index contributed by atoms with van der Waals surface area (Å²) in [6.45, 7) is -0.156. The van der Waals surface area contributed by atoms with Gasteiger partial charge in [-0.25, -0.2) is 0 Å². The van der Waals surface area contributed by atoms with Crippen molar-refractivity contribution in [1.82, 2.24) is 4.98 Å². The molecule has 0 saturated heterocycles. The van der Waals surface area contributed by atoms with Crippen molar-refractivity contribution in [3.05, 3.63) is 22.9 Å². The van der Waals surface area contributed by atoms with Crippen LogP contribution < -0.4 is 16.4 Å². The van der Waals surface area contributed by atoms with Crippen LogP contribution in [-0.2, 0) is 9.59 Å². The molecule has 1 heterocycles. The smallest absolute Gasteiger partial charge is 0.236 e. The topological polar surface area (TPSA) is 102 Å². The summed E-state index contributed by atoms with van der Waals surface area (Å²) in [5.74, 6) is -1.07. The normalized spacial score (nSPS) is 9.81. The molecular weight excluding hydrogens is 276 g/mol. The van der Waals surface area contributed by atoms with Crippen LogP contribution in [0.4, 0.5) is 5.69 Å². The van der Waals surface area contributed by atoms with Crippen LogP contribution in [0.1, 0.15) is 0 Å². The van der Waals surface area contributed by atoms with E-state index in [2.05, 4.69) is 20.9 Å². The number of carbonyl (C=O) groups excluding carboxylic acids is 2. The van der Waals surface area contributed by atoms with Gasteiger partial charge in [0.1, 0.15) is 0 Å². The van der Waals surface area contributed by atoms with Gasteiger partial charge in [0.25, 0.3) is 0 Å². The summed E-state index contributed by atoms with van der Waals surface area (Å²) in [6.07, 6.45) is 3.11. The van der Waals surface area contributed by atoms with Gasteiger partial charge in [0.15, 0.2) is 0 Å². The summed E-state index contributed by atoms with van der Waals surface area (Å²) in [6, 6.07) is 1.66. The predicted molar refractivity (Wildman–Crippen MR) is 62.5 cm³/mol. The third-order valence-electron chi connectivity index (χ3n) is 1.79. The SMILES string of the molecule is NC(=O)CN(CC(N)=O)c1ccncc1Br. The van der Waals surface area contributed by atoms with Crippen molar-refractivity contribution in [3.63, 3.8) is 0 Å². The lowest BCUT2D eigenvalue weighted by Gasteiger charge is -2.22. The Bertz CT molecular complexity index is 394. The van der Waals surface area contributed by atoms with Gasteiger partial charge in [-0.15, -0.1) is 0 Å². The summed E-state index contributed by atoms with van der Waals surface area (Å²) >= 11 is 3.27. The molecule has 2 amide bonds. The largest absolute Gasteiger partial charge is 0.368 e.